The quantitative estimate of drug-likeness (QED) is 0.898. The Bertz CT molecular complexity index is 419. The van der Waals surface area contributed by atoms with Crippen LogP contribution in [-0.4, -0.2) is 58.2 Å². The molecule has 1 saturated heterocycles. The molecule has 1 unspecified atom stereocenters. The second-order valence-electron chi connectivity index (χ2n) is 6.44. The van der Waals surface area contributed by atoms with Gasteiger partial charge in [0.05, 0.1) is 0 Å². The molecule has 0 amide bonds. The van der Waals surface area contributed by atoms with E-state index in [-0.39, 0.29) is 0 Å². The predicted octanol–water partition coefficient (Wildman–Crippen LogP) is 1.89. The van der Waals surface area contributed by atoms with Gasteiger partial charge in [-0.25, -0.2) is 0 Å². The van der Waals surface area contributed by atoms with E-state index in [9.17, 15) is 5.11 Å². The highest BCUT2D eigenvalue weighted by atomic mass is 16.3. The first-order valence-corrected chi connectivity index (χ1v) is 8.34. The van der Waals surface area contributed by atoms with Gasteiger partial charge in [-0.05, 0) is 30.9 Å². The fourth-order valence-corrected chi connectivity index (χ4v) is 3.95. The van der Waals surface area contributed by atoms with Crippen molar-refractivity contribution in [3.8, 4) is 0 Å². The van der Waals surface area contributed by atoms with E-state index in [1.165, 1.54) is 31.2 Å². The Balaban J connectivity index is 1.60. The molecule has 2 aliphatic rings. The molecule has 0 aromatic carbocycles. The van der Waals surface area contributed by atoms with Gasteiger partial charge in [0.25, 0.3) is 0 Å². The maximum Gasteiger partial charge on any atom is 0.0446 e. The Morgan fingerprint density at radius 1 is 1.24 bits per heavy atom. The van der Waals surface area contributed by atoms with E-state index in [0.717, 1.165) is 38.6 Å². The Hall–Kier alpha value is -0.970. The Labute approximate surface area is 127 Å². The van der Waals surface area contributed by atoms with Crippen molar-refractivity contribution in [3.05, 3.63) is 30.1 Å². The minimum absolute atomic E-state index is 0.300. The molecule has 4 heteroatoms. The molecule has 1 aliphatic carbocycles. The van der Waals surface area contributed by atoms with E-state index in [4.69, 9.17) is 0 Å². The van der Waals surface area contributed by atoms with Crippen molar-refractivity contribution in [1.82, 2.24) is 14.8 Å². The smallest absolute Gasteiger partial charge is 0.0446 e. The number of hydrogen-bond donors (Lipinski definition) is 1. The van der Waals surface area contributed by atoms with Crippen LogP contribution in [0.5, 0.6) is 0 Å². The summed E-state index contributed by atoms with van der Waals surface area (Å²) in [7, 11) is 0. The van der Waals surface area contributed by atoms with Gasteiger partial charge >= 0.3 is 0 Å². The minimum Gasteiger partial charge on any atom is -0.396 e. The molecule has 4 nitrogen and oxygen atoms in total. The lowest BCUT2D eigenvalue weighted by molar-refractivity contribution is 0.0267. The molecule has 1 saturated carbocycles. The van der Waals surface area contributed by atoms with Crippen molar-refractivity contribution in [1.29, 1.82) is 0 Å². The molecule has 1 aliphatic heterocycles. The highest BCUT2D eigenvalue weighted by Crippen LogP contribution is 2.28. The van der Waals surface area contributed by atoms with Crippen LogP contribution in [-0.2, 0) is 6.54 Å². The van der Waals surface area contributed by atoms with Crippen LogP contribution in [0.15, 0.2) is 24.5 Å². The lowest BCUT2D eigenvalue weighted by atomic mass is 10.0. The standard InChI is InChI=1S/C17H27N3O/c21-11-7-17-14-19(13-15-4-3-8-18-12-15)9-10-20(17)16-5-1-2-6-16/h3-4,8,12,16-17,21H,1-2,5-7,9-11,13-14H2. The average Bonchev–Trinajstić information content (AvgIpc) is 3.03. The highest BCUT2D eigenvalue weighted by Gasteiger charge is 2.32. The summed E-state index contributed by atoms with van der Waals surface area (Å²) in [4.78, 5) is 9.41. The first-order chi connectivity index (χ1) is 10.4. The normalized spacial score (nSPS) is 25.5. The van der Waals surface area contributed by atoms with Crippen LogP contribution in [0.1, 0.15) is 37.7 Å². The number of rotatable bonds is 5. The molecule has 1 aromatic heterocycles. The molecular weight excluding hydrogens is 262 g/mol. The van der Waals surface area contributed by atoms with E-state index in [2.05, 4.69) is 20.9 Å². The van der Waals surface area contributed by atoms with Crippen molar-refractivity contribution >= 4 is 0 Å². The number of aliphatic hydroxyl groups excluding tert-OH is 1. The van der Waals surface area contributed by atoms with Crippen molar-refractivity contribution < 1.29 is 5.11 Å². The summed E-state index contributed by atoms with van der Waals surface area (Å²) in [5.74, 6) is 0. The Morgan fingerprint density at radius 2 is 2.10 bits per heavy atom. The first kappa shape index (κ1) is 14.9. The number of nitrogens with zero attached hydrogens (tertiary/aromatic N) is 3. The topological polar surface area (TPSA) is 39.6 Å². The number of aromatic nitrogens is 1. The van der Waals surface area contributed by atoms with Gasteiger partial charge < -0.3 is 5.11 Å². The SMILES string of the molecule is OCCC1CN(Cc2cccnc2)CCN1C1CCCC1. The molecular formula is C17H27N3O. The fourth-order valence-electron chi connectivity index (χ4n) is 3.95. The maximum absolute atomic E-state index is 9.40. The zero-order chi connectivity index (χ0) is 14.5. The second-order valence-corrected chi connectivity index (χ2v) is 6.44. The molecule has 2 fully saturated rings. The molecule has 2 heterocycles. The van der Waals surface area contributed by atoms with Gasteiger partial charge in [0.15, 0.2) is 0 Å². The molecule has 116 valence electrons. The summed E-state index contributed by atoms with van der Waals surface area (Å²) in [6, 6.07) is 5.44. The van der Waals surface area contributed by atoms with E-state index in [0.29, 0.717) is 12.6 Å². The summed E-state index contributed by atoms with van der Waals surface area (Å²) in [6.45, 7) is 4.64. The van der Waals surface area contributed by atoms with Crippen LogP contribution in [0.2, 0.25) is 0 Å². The van der Waals surface area contributed by atoms with Gasteiger partial charge in [-0.3, -0.25) is 14.8 Å². The number of aliphatic hydroxyl groups is 1. The summed E-state index contributed by atoms with van der Waals surface area (Å²) in [5, 5.41) is 9.40. The zero-order valence-corrected chi connectivity index (χ0v) is 12.8. The number of hydrogen-bond acceptors (Lipinski definition) is 4. The maximum atomic E-state index is 9.40. The number of pyridine rings is 1. The second kappa shape index (κ2) is 7.34. The van der Waals surface area contributed by atoms with E-state index in [1.54, 1.807) is 0 Å². The summed E-state index contributed by atoms with van der Waals surface area (Å²) < 4.78 is 0. The lowest BCUT2D eigenvalue weighted by Gasteiger charge is -2.44. The summed E-state index contributed by atoms with van der Waals surface area (Å²) in [5.41, 5.74) is 1.29. The van der Waals surface area contributed by atoms with Crippen LogP contribution in [0.4, 0.5) is 0 Å². The third kappa shape index (κ3) is 3.82. The summed E-state index contributed by atoms with van der Waals surface area (Å²) >= 11 is 0. The van der Waals surface area contributed by atoms with E-state index in [1.807, 2.05) is 18.5 Å². The van der Waals surface area contributed by atoms with Crippen LogP contribution in [0.3, 0.4) is 0 Å². The van der Waals surface area contributed by atoms with Crippen LogP contribution in [0, 0.1) is 0 Å². The first-order valence-electron chi connectivity index (χ1n) is 8.34. The Morgan fingerprint density at radius 3 is 2.81 bits per heavy atom. The van der Waals surface area contributed by atoms with E-state index < -0.39 is 0 Å². The predicted molar refractivity (Wildman–Crippen MR) is 84.0 cm³/mol. The summed E-state index contributed by atoms with van der Waals surface area (Å²) in [6.07, 6.45) is 10.2. The highest BCUT2D eigenvalue weighted by molar-refractivity contribution is 5.08. The zero-order valence-electron chi connectivity index (χ0n) is 12.8. The molecule has 3 rings (SSSR count). The third-order valence-corrected chi connectivity index (χ3v) is 5.00. The monoisotopic (exact) mass is 289 g/mol. The van der Waals surface area contributed by atoms with Crippen LogP contribution >= 0.6 is 0 Å². The van der Waals surface area contributed by atoms with Crippen LogP contribution < -0.4 is 0 Å². The van der Waals surface area contributed by atoms with Gasteiger partial charge in [0.2, 0.25) is 0 Å². The largest absolute Gasteiger partial charge is 0.396 e. The lowest BCUT2D eigenvalue weighted by Crippen LogP contribution is -2.56. The van der Waals surface area contributed by atoms with E-state index >= 15 is 0 Å². The van der Waals surface area contributed by atoms with Gasteiger partial charge in [-0.1, -0.05) is 18.9 Å². The molecule has 21 heavy (non-hydrogen) atoms. The third-order valence-electron chi connectivity index (χ3n) is 5.00. The van der Waals surface area contributed by atoms with Crippen molar-refractivity contribution in [2.24, 2.45) is 0 Å². The van der Waals surface area contributed by atoms with Crippen molar-refractivity contribution in [3.63, 3.8) is 0 Å². The molecule has 0 spiro atoms. The van der Waals surface area contributed by atoms with Crippen molar-refractivity contribution in [2.75, 3.05) is 26.2 Å². The van der Waals surface area contributed by atoms with Crippen molar-refractivity contribution in [2.45, 2.75) is 50.7 Å². The Kier molecular flexibility index (Phi) is 5.22. The molecule has 0 radical (unpaired) electrons. The van der Waals surface area contributed by atoms with Gasteiger partial charge in [-0.2, -0.15) is 0 Å². The minimum atomic E-state index is 0.300. The molecule has 1 aromatic rings. The van der Waals surface area contributed by atoms with Gasteiger partial charge in [0, 0.05) is 57.3 Å². The molecule has 0 bridgehead atoms. The van der Waals surface area contributed by atoms with Gasteiger partial charge in [0.1, 0.15) is 0 Å². The van der Waals surface area contributed by atoms with Gasteiger partial charge in [-0.15, -0.1) is 0 Å². The number of piperazine rings is 1. The molecule has 1 atom stereocenters. The average molecular weight is 289 g/mol. The fraction of sp³-hybridized carbons (Fsp3) is 0.706. The molecule has 1 N–H and O–H groups in total. The van der Waals surface area contributed by atoms with Crippen LogP contribution in [0.25, 0.3) is 0 Å².